The number of rotatable bonds is 3. The van der Waals surface area contributed by atoms with Crippen LogP contribution in [0.2, 0.25) is 0 Å². The predicted octanol–water partition coefficient (Wildman–Crippen LogP) is 3.39. The van der Waals surface area contributed by atoms with E-state index in [2.05, 4.69) is 32.8 Å². The molecule has 0 unspecified atom stereocenters. The zero-order valence-corrected chi connectivity index (χ0v) is 9.71. The first kappa shape index (κ1) is 11.7. The average molecular weight is 202 g/mol. The van der Waals surface area contributed by atoms with Gasteiger partial charge >= 0.3 is 0 Å². The van der Waals surface area contributed by atoms with E-state index in [1.54, 1.807) is 0 Å². The second-order valence-electron chi connectivity index (χ2n) is 4.55. The third kappa shape index (κ3) is 3.32. The molecule has 0 radical (unpaired) electrons. The maximum atomic E-state index is 5.66. The van der Waals surface area contributed by atoms with Gasteiger partial charge in [0, 0.05) is 6.42 Å². The molecule has 0 atom stereocenters. The highest BCUT2D eigenvalue weighted by Crippen LogP contribution is 2.30. The van der Waals surface area contributed by atoms with Crippen LogP contribution in [-0.2, 0) is 5.41 Å². The van der Waals surface area contributed by atoms with Crippen molar-refractivity contribution >= 4 is 0 Å². The molecule has 0 aliphatic carbocycles. The van der Waals surface area contributed by atoms with Gasteiger partial charge in [-0.3, -0.25) is 0 Å². The number of hydrogen-bond acceptors (Lipinski definition) is 1. The van der Waals surface area contributed by atoms with Crippen molar-refractivity contribution < 1.29 is 4.74 Å². The summed E-state index contributed by atoms with van der Waals surface area (Å²) < 4.78 is 5.66. The van der Waals surface area contributed by atoms with Crippen molar-refractivity contribution in [1.82, 2.24) is 0 Å². The lowest BCUT2D eigenvalue weighted by Gasteiger charge is -2.22. The molecule has 0 bridgehead atoms. The van der Waals surface area contributed by atoms with Gasteiger partial charge in [-0.1, -0.05) is 39.0 Å². The summed E-state index contributed by atoms with van der Waals surface area (Å²) in [5.74, 6) is 3.52. The maximum Gasteiger partial charge on any atom is 0.123 e. The van der Waals surface area contributed by atoms with Crippen LogP contribution in [0.5, 0.6) is 5.75 Å². The van der Waals surface area contributed by atoms with E-state index < -0.39 is 0 Å². The van der Waals surface area contributed by atoms with Crippen molar-refractivity contribution in [2.24, 2.45) is 0 Å². The normalized spacial score (nSPS) is 10.8. The molecule has 1 nitrogen and oxygen atoms in total. The molecule has 0 aromatic heterocycles. The van der Waals surface area contributed by atoms with E-state index in [4.69, 9.17) is 11.2 Å². The Kier molecular flexibility index (Phi) is 3.80. The van der Waals surface area contributed by atoms with E-state index in [-0.39, 0.29) is 5.41 Å². The smallest absolute Gasteiger partial charge is 0.123 e. The fourth-order valence-electron chi connectivity index (χ4n) is 1.43. The van der Waals surface area contributed by atoms with Crippen LogP contribution in [0.3, 0.4) is 0 Å². The molecule has 1 rings (SSSR count). The molecular weight excluding hydrogens is 184 g/mol. The molecule has 1 aromatic rings. The molecule has 0 aliphatic rings. The van der Waals surface area contributed by atoms with Crippen LogP contribution in [0.4, 0.5) is 0 Å². The Morgan fingerprint density at radius 3 is 2.53 bits per heavy atom. The Morgan fingerprint density at radius 2 is 1.93 bits per heavy atom. The van der Waals surface area contributed by atoms with Crippen LogP contribution >= 0.6 is 0 Å². The van der Waals surface area contributed by atoms with Gasteiger partial charge < -0.3 is 4.74 Å². The van der Waals surface area contributed by atoms with Crippen LogP contribution in [-0.4, -0.2) is 6.61 Å². The first-order valence-corrected chi connectivity index (χ1v) is 5.21. The van der Waals surface area contributed by atoms with Crippen LogP contribution in [0, 0.1) is 12.3 Å². The third-order valence-corrected chi connectivity index (χ3v) is 2.20. The topological polar surface area (TPSA) is 9.23 Å². The molecule has 0 spiro atoms. The lowest BCUT2D eigenvalue weighted by Crippen LogP contribution is -2.13. The highest BCUT2D eigenvalue weighted by Gasteiger charge is 2.17. The summed E-state index contributed by atoms with van der Waals surface area (Å²) in [6.45, 7) is 7.12. The van der Waals surface area contributed by atoms with Crippen molar-refractivity contribution in [1.29, 1.82) is 0 Å². The van der Waals surface area contributed by atoms with Gasteiger partial charge in [0.15, 0.2) is 0 Å². The summed E-state index contributed by atoms with van der Waals surface area (Å²) in [5.41, 5.74) is 1.33. The van der Waals surface area contributed by atoms with E-state index in [1.165, 1.54) is 5.56 Å². The predicted molar refractivity (Wildman–Crippen MR) is 64.1 cm³/mol. The number of para-hydroxylation sites is 1. The second kappa shape index (κ2) is 4.89. The van der Waals surface area contributed by atoms with Gasteiger partial charge in [-0.25, -0.2) is 0 Å². The SMILES string of the molecule is C#CCCOc1ccccc1C(C)(C)C. The van der Waals surface area contributed by atoms with Crippen LogP contribution in [0.25, 0.3) is 0 Å². The van der Waals surface area contributed by atoms with Crippen LogP contribution in [0.15, 0.2) is 24.3 Å². The number of benzene rings is 1. The molecule has 0 amide bonds. The minimum absolute atomic E-state index is 0.104. The summed E-state index contributed by atoms with van der Waals surface area (Å²) in [7, 11) is 0. The van der Waals surface area contributed by atoms with Gasteiger partial charge in [-0.2, -0.15) is 0 Å². The second-order valence-corrected chi connectivity index (χ2v) is 4.55. The summed E-state index contributed by atoms with van der Waals surface area (Å²) in [4.78, 5) is 0. The summed E-state index contributed by atoms with van der Waals surface area (Å²) in [6, 6.07) is 8.12. The minimum Gasteiger partial charge on any atom is -0.492 e. The molecule has 0 saturated carbocycles. The zero-order chi connectivity index (χ0) is 11.3. The number of ether oxygens (including phenoxy) is 1. The van der Waals surface area contributed by atoms with Crippen molar-refractivity contribution in [3.8, 4) is 18.1 Å². The van der Waals surface area contributed by atoms with E-state index in [9.17, 15) is 0 Å². The summed E-state index contributed by atoms with van der Waals surface area (Å²) in [6.07, 6.45) is 5.84. The molecule has 0 aliphatic heterocycles. The molecule has 0 saturated heterocycles. The van der Waals surface area contributed by atoms with Gasteiger partial charge in [-0.15, -0.1) is 12.3 Å². The molecule has 1 heteroatoms. The quantitative estimate of drug-likeness (QED) is 0.539. The first-order chi connectivity index (χ1) is 7.05. The van der Waals surface area contributed by atoms with E-state index >= 15 is 0 Å². The summed E-state index contributed by atoms with van der Waals surface area (Å²) >= 11 is 0. The van der Waals surface area contributed by atoms with Crippen molar-refractivity contribution in [3.05, 3.63) is 29.8 Å². The molecule has 1 aromatic carbocycles. The van der Waals surface area contributed by atoms with Crippen LogP contribution < -0.4 is 4.74 Å². The fraction of sp³-hybridized carbons (Fsp3) is 0.429. The van der Waals surface area contributed by atoms with E-state index in [1.807, 2.05) is 18.2 Å². The number of terminal acetylenes is 1. The lowest BCUT2D eigenvalue weighted by atomic mass is 9.86. The van der Waals surface area contributed by atoms with Crippen molar-refractivity contribution in [2.75, 3.05) is 6.61 Å². The molecule has 0 heterocycles. The van der Waals surface area contributed by atoms with Crippen molar-refractivity contribution in [3.63, 3.8) is 0 Å². The third-order valence-electron chi connectivity index (χ3n) is 2.20. The Labute approximate surface area is 92.5 Å². The van der Waals surface area contributed by atoms with Gasteiger partial charge in [0.05, 0.1) is 6.61 Å². The van der Waals surface area contributed by atoms with Gasteiger partial charge in [0.25, 0.3) is 0 Å². The maximum absolute atomic E-state index is 5.66. The summed E-state index contributed by atoms with van der Waals surface area (Å²) in [5, 5.41) is 0. The molecule has 80 valence electrons. The Bertz CT molecular complexity index is 352. The lowest BCUT2D eigenvalue weighted by molar-refractivity contribution is 0.318. The standard InChI is InChI=1S/C14H18O/c1-5-6-11-15-13-10-8-7-9-12(13)14(2,3)4/h1,7-10H,6,11H2,2-4H3. The highest BCUT2D eigenvalue weighted by molar-refractivity contribution is 5.38. The van der Waals surface area contributed by atoms with Gasteiger partial charge in [0.2, 0.25) is 0 Å². The Balaban J connectivity index is 2.83. The fourth-order valence-corrected chi connectivity index (χ4v) is 1.43. The Hall–Kier alpha value is -1.42. The molecule has 15 heavy (non-hydrogen) atoms. The average Bonchev–Trinajstić information content (AvgIpc) is 2.17. The zero-order valence-electron chi connectivity index (χ0n) is 9.71. The first-order valence-electron chi connectivity index (χ1n) is 5.21. The van der Waals surface area contributed by atoms with E-state index in [0.29, 0.717) is 13.0 Å². The highest BCUT2D eigenvalue weighted by atomic mass is 16.5. The van der Waals surface area contributed by atoms with Crippen LogP contribution in [0.1, 0.15) is 32.8 Å². The molecule has 0 N–H and O–H groups in total. The van der Waals surface area contributed by atoms with Crippen molar-refractivity contribution in [2.45, 2.75) is 32.6 Å². The molecule has 0 fully saturated rings. The number of hydrogen-bond donors (Lipinski definition) is 0. The van der Waals surface area contributed by atoms with Gasteiger partial charge in [0.1, 0.15) is 5.75 Å². The van der Waals surface area contributed by atoms with Gasteiger partial charge in [-0.05, 0) is 17.0 Å². The van der Waals surface area contributed by atoms with E-state index in [0.717, 1.165) is 5.75 Å². The molecular formula is C14H18O. The Morgan fingerprint density at radius 1 is 1.27 bits per heavy atom. The monoisotopic (exact) mass is 202 g/mol. The minimum atomic E-state index is 0.104. The largest absolute Gasteiger partial charge is 0.492 e.